The van der Waals surface area contributed by atoms with Gasteiger partial charge < -0.3 is 13.9 Å². The highest BCUT2D eigenvalue weighted by molar-refractivity contribution is 5.59. The van der Waals surface area contributed by atoms with Crippen LogP contribution in [0.4, 0.5) is 0 Å². The molecule has 0 saturated heterocycles. The van der Waals surface area contributed by atoms with Crippen molar-refractivity contribution in [2.45, 2.75) is 0 Å². The number of aromatic nitrogens is 3. The molecule has 0 saturated carbocycles. The van der Waals surface area contributed by atoms with Crippen molar-refractivity contribution in [2.75, 3.05) is 0 Å². The first-order valence-corrected chi connectivity index (χ1v) is 4.82. The van der Waals surface area contributed by atoms with Gasteiger partial charge in [-0.1, -0.05) is 5.16 Å². The van der Waals surface area contributed by atoms with E-state index in [0.717, 1.165) is 5.56 Å². The Kier molecular flexibility index (Phi) is 2.02. The molecule has 0 fully saturated rings. The van der Waals surface area contributed by atoms with Crippen LogP contribution in [0, 0.1) is 11.3 Å². The fourth-order valence-corrected chi connectivity index (χ4v) is 1.43. The summed E-state index contributed by atoms with van der Waals surface area (Å²) in [4.78, 5) is 6.99. The van der Waals surface area contributed by atoms with Crippen LogP contribution in [0.5, 0.6) is 0 Å². The van der Waals surface area contributed by atoms with E-state index < -0.39 is 0 Å². The van der Waals surface area contributed by atoms with Crippen molar-refractivity contribution in [2.24, 2.45) is 0 Å². The molecule has 82 valence electrons. The number of hydrogen-bond acceptors (Lipinski definition) is 5. The number of H-pyrrole nitrogens is 1. The number of furan rings is 1. The summed E-state index contributed by atoms with van der Waals surface area (Å²) < 4.78 is 10.0. The second-order valence-corrected chi connectivity index (χ2v) is 3.35. The number of nitrogens with one attached hydrogen (secondary N) is 1. The first-order valence-electron chi connectivity index (χ1n) is 4.82. The third-order valence-electron chi connectivity index (χ3n) is 2.26. The van der Waals surface area contributed by atoms with Gasteiger partial charge in [0.1, 0.15) is 18.0 Å². The zero-order chi connectivity index (χ0) is 11.7. The summed E-state index contributed by atoms with van der Waals surface area (Å²) in [6.07, 6.45) is 4.72. The molecule has 0 spiro atoms. The summed E-state index contributed by atoms with van der Waals surface area (Å²) in [5.74, 6) is 0.812. The molecule has 6 heteroatoms. The maximum atomic E-state index is 8.69. The van der Waals surface area contributed by atoms with E-state index in [1.165, 1.54) is 12.5 Å². The molecule has 3 aromatic rings. The molecule has 6 nitrogen and oxygen atoms in total. The molecule has 0 bridgehead atoms. The summed E-state index contributed by atoms with van der Waals surface area (Å²) >= 11 is 0. The normalized spacial score (nSPS) is 10.3. The summed E-state index contributed by atoms with van der Waals surface area (Å²) in [5, 5.41) is 12.5. The summed E-state index contributed by atoms with van der Waals surface area (Å²) in [6, 6.07) is 5.38. The van der Waals surface area contributed by atoms with Gasteiger partial charge in [-0.25, -0.2) is 0 Å². The molecule has 0 aromatic carbocycles. The van der Waals surface area contributed by atoms with Gasteiger partial charge in [0.05, 0.1) is 17.4 Å². The number of rotatable bonds is 2. The van der Waals surface area contributed by atoms with Gasteiger partial charge in [0.15, 0.2) is 0 Å². The van der Waals surface area contributed by atoms with E-state index in [4.69, 9.17) is 14.2 Å². The Morgan fingerprint density at radius 1 is 1.35 bits per heavy atom. The van der Waals surface area contributed by atoms with Crippen molar-refractivity contribution in [3.05, 3.63) is 36.5 Å². The fourth-order valence-electron chi connectivity index (χ4n) is 1.43. The number of nitrogens with zero attached hydrogens (tertiary/aromatic N) is 3. The lowest BCUT2D eigenvalue weighted by atomic mass is 10.3. The molecule has 17 heavy (non-hydrogen) atoms. The van der Waals surface area contributed by atoms with Crippen molar-refractivity contribution in [1.29, 1.82) is 5.26 Å². The van der Waals surface area contributed by atoms with Crippen molar-refractivity contribution >= 4 is 0 Å². The van der Waals surface area contributed by atoms with Crippen LogP contribution in [-0.4, -0.2) is 15.1 Å². The first-order chi connectivity index (χ1) is 8.36. The van der Waals surface area contributed by atoms with Crippen molar-refractivity contribution in [3.8, 4) is 28.9 Å². The number of aromatic amines is 1. The predicted octanol–water partition coefficient (Wildman–Crippen LogP) is 2.20. The Hall–Kier alpha value is -2.81. The highest BCUT2D eigenvalue weighted by Gasteiger charge is 2.12. The summed E-state index contributed by atoms with van der Waals surface area (Å²) in [7, 11) is 0. The fraction of sp³-hybridized carbons (Fsp3) is 0. The van der Waals surface area contributed by atoms with Gasteiger partial charge >= 0.3 is 0 Å². The molecule has 0 aliphatic carbocycles. The van der Waals surface area contributed by atoms with Crippen LogP contribution in [0.25, 0.3) is 22.8 Å². The topological polar surface area (TPSA) is 91.6 Å². The van der Waals surface area contributed by atoms with Crippen LogP contribution >= 0.6 is 0 Å². The quantitative estimate of drug-likeness (QED) is 0.723. The summed E-state index contributed by atoms with van der Waals surface area (Å²) in [5.41, 5.74) is 1.88. The smallest absolute Gasteiger partial charge is 0.259 e. The largest absolute Gasteiger partial charge is 0.472 e. The molecule has 3 heterocycles. The van der Waals surface area contributed by atoms with Crippen LogP contribution in [0.15, 0.2) is 39.8 Å². The molecular formula is C11H6N4O2. The SMILES string of the molecule is N#Cc1cc(-c2nc(-c3ccoc3)no2)c[nH]1. The highest BCUT2D eigenvalue weighted by Crippen LogP contribution is 2.22. The minimum atomic E-state index is 0.360. The summed E-state index contributed by atoms with van der Waals surface area (Å²) in [6.45, 7) is 0. The standard InChI is InChI=1S/C11H6N4O2/c12-4-9-3-8(5-13-9)11-14-10(15-17-11)7-1-2-16-6-7/h1-3,5-6,13H. The molecular weight excluding hydrogens is 220 g/mol. The highest BCUT2D eigenvalue weighted by atomic mass is 16.5. The van der Waals surface area contributed by atoms with E-state index in [0.29, 0.717) is 23.0 Å². The van der Waals surface area contributed by atoms with E-state index in [2.05, 4.69) is 15.1 Å². The molecule has 0 aliphatic rings. The van der Waals surface area contributed by atoms with E-state index >= 15 is 0 Å². The van der Waals surface area contributed by atoms with Crippen LogP contribution in [0.2, 0.25) is 0 Å². The monoisotopic (exact) mass is 226 g/mol. The zero-order valence-corrected chi connectivity index (χ0v) is 8.54. The van der Waals surface area contributed by atoms with Crippen molar-refractivity contribution in [3.63, 3.8) is 0 Å². The predicted molar refractivity (Wildman–Crippen MR) is 56.5 cm³/mol. The van der Waals surface area contributed by atoms with Gasteiger partial charge in [0.25, 0.3) is 5.89 Å². The Balaban J connectivity index is 1.98. The van der Waals surface area contributed by atoms with E-state index in [9.17, 15) is 0 Å². The lowest BCUT2D eigenvalue weighted by Crippen LogP contribution is -1.76. The van der Waals surface area contributed by atoms with Gasteiger partial charge in [-0.2, -0.15) is 10.2 Å². The van der Waals surface area contributed by atoms with Crippen LogP contribution in [0.1, 0.15) is 5.69 Å². The first kappa shape index (κ1) is 9.42. The second kappa shape index (κ2) is 3.64. The van der Waals surface area contributed by atoms with Crippen molar-refractivity contribution in [1.82, 2.24) is 15.1 Å². The lowest BCUT2D eigenvalue weighted by molar-refractivity contribution is 0.432. The number of nitriles is 1. The van der Waals surface area contributed by atoms with Crippen LogP contribution < -0.4 is 0 Å². The molecule has 0 amide bonds. The average molecular weight is 226 g/mol. The minimum absolute atomic E-state index is 0.360. The second-order valence-electron chi connectivity index (χ2n) is 3.35. The maximum absolute atomic E-state index is 8.69. The Morgan fingerprint density at radius 2 is 2.29 bits per heavy atom. The average Bonchev–Trinajstić information content (AvgIpc) is 3.09. The minimum Gasteiger partial charge on any atom is -0.472 e. The van der Waals surface area contributed by atoms with Gasteiger partial charge in [0, 0.05) is 6.20 Å². The third kappa shape index (κ3) is 1.59. The van der Waals surface area contributed by atoms with Gasteiger partial charge in [-0.3, -0.25) is 0 Å². The lowest BCUT2D eigenvalue weighted by Gasteiger charge is -1.83. The molecule has 3 aromatic heterocycles. The van der Waals surface area contributed by atoms with Crippen LogP contribution in [0.3, 0.4) is 0 Å². The molecule has 0 unspecified atom stereocenters. The van der Waals surface area contributed by atoms with Gasteiger partial charge in [0.2, 0.25) is 5.82 Å². The zero-order valence-electron chi connectivity index (χ0n) is 8.54. The molecule has 0 atom stereocenters. The molecule has 0 aliphatic heterocycles. The maximum Gasteiger partial charge on any atom is 0.259 e. The number of hydrogen-bond donors (Lipinski definition) is 1. The molecule has 1 N–H and O–H groups in total. The Bertz CT molecular complexity index is 672. The van der Waals surface area contributed by atoms with Gasteiger partial charge in [-0.05, 0) is 12.1 Å². The van der Waals surface area contributed by atoms with Crippen molar-refractivity contribution < 1.29 is 8.94 Å². The molecule has 3 rings (SSSR count). The molecule has 0 radical (unpaired) electrons. The van der Waals surface area contributed by atoms with E-state index in [-0.39, 0.29) is 0 Å². The van der Waals surface area contributed by atoms with Crippen LogP contribution in [-0.2, 0) is 0 Å². The van der Waals surface area contributed by atoms with E-state index in [1.54, 1.807) is 18.3 Å². The third-order valence-corrected chi connectivity index (χ3v) is 2.26. The Morgan fingerprint density at radius 3 is 3.00 bits per heavy atom. The Labute approximate surface area is 95.5 Å². The van der Waals surface area contributed by atoms with Gasteiger partial charge in [-0.15, -0.1) is 0 Å². The van der Waals surface area contributed by atoms with E-state index in [1.807, 2.05) is 6.07 Å².